The van der Waals surface area contributed by atoms with Crippen molar-refractivity contribution in [3.05, 3.63) is 5.82 Å². The lowest BCUT2D eigenvalue weighted by molar-refractivity contribution is -0.150. The number of hydrogen-bond acceptors (Lipinski definition) is 5. The van der Waals surface area contributed by atoms with Crippen LogP contribution in [0.25, 0.3) is 0 Å². The van der Waals surface area contributed by atoms with Crippen molar-refractivity contribution in [3.63, 3.8) is 0 Å². The molecule has 0 bridgehead atoms. The van der Waals surface area contributed by atoms with Gasteiger partial charge in [-0.2, -0.15) is 5.21 Å². The molecular weight excluding hydrogens is 220 g/mol. The summed E-state index contributed by atoms with van der Waals surface area (Å²) in [7, 11) is 0. The Hall–Kier alpha value is -1.46. The largest absolute Gasteiger partial charge is 0.457 e. The summed E-state index contributed by atoms with van der Waals surface area (Å²) < 4.78 is 5.18. The fraction of sp³-hybridized carbons (Fsp3) is 0.818. The maximum absolute atomic E-state index is 11.8. The molecule has 6 heteroatoms. The van der Waals surface area contributed by atoms with Crippen molar-refractivity contribution in [1.29, 1.82) is 0 Å². The number of ether oxygens (including phenoxy) is 1. The molecule has 2 aliphatic carbocycles. The number of hydrogen-bond donors (Lipinski definition) is 1. The molecule has 6 nitrogen and oxygen atoms in total. The van der Waals surface area contributed by atoms with Gasteiger partial charge in [0, 0.05) is 0 Å². The van der Waals surface area contributed by atoms with Crippen molar-refractivity contribution in [3.8, 4) is 0 Å². The highest BCUT2D eigenvalue weighted by Crippen LogP contribution is 2.68. The van der Waals surface area contributed by atoms with Gasteiger partial charge in [0.15, 0.2) is 6.61 Å². The van der Waals surface area contributed by atoms with Crippen molar-refractivity contribution in [2.24, 2.45) is 23.2 Å². The van der Waals surface area contributed by atoms with Gasteiger partial charge in [-0.1, -0.05) is 19.1 Å². The zero-order chi connectivity index (χ0) is 12.0. The maximum Gasteiger partial charge on any atom is 0.309 e. The van der Waals surface area contributed by atoms with Gasteiger partial charge in [0.25, 0.3) is 0 Å². The van der Waals surface area contributed by atoms with E-state index in [0.717, 1.165) is 12.8 Å². The number of carbonyl (C=O) groups excluding carboxylic acids is 1. The number of aromatic amines is 1. The summed E-state index contributed by atoms with van der Waals surface area (Å²) in [5.74, 6) is 1.81. The standard InChI is InChI=1S/C11H16N4O2/c1-11(2)7-3-6(4-8(7)11)10(16)17-5-9-12-14-15-13-9/h6-8H,3-5H2,1-2H3,(H,12,13,14,15)/t6?,7-,8+. The Morgan fingerprint density at radius 2 is 2.18 bits per heavy atom. The Bertz CT molecular complexity index is 415. The van der Waals surface area contributed by atoms with Crippen LogP contribution in [0.2, 0.25) is 0 Å². The van der Waals surface area contributed by atoms with Gasteiger partial charge in [0.05, 0.1) is 5.92 Å². The number of carbonyl (C=O) groups is 1. The van der Waals surface area contributed by atoms with E-state index in [-0.39, 0.29) is 18.5 Å². The molecule has 0 spiro atoms. The zero-order valence-corrected chi connectivity index (χ0v) is 10.0. The minimum atomic E-state index is -0.113. The van der Waals surface area contributed by atoms with Crippen LogP contribution in [0.5, 0.6) is 0 Å². The van der Waals surface area contributed by atoms with E-state index in [1.54, 1.807) is 0 Å². The highest BCUT2D eigenvalue weighted by molar-refractivity contribution is 5.73. The highest BCUT2D eigenvalue weighted by atomic mass is 16.5. The molecule has 2 fully saturated rings. The molecule has 1 heterocycles. The minimum Gasteiger partial charge on any atom is -0.457 e. The highest BCUT2D eigenvalue weighted by Gasteiger charge is 2.63. The molecule has 1 aromatic rings. The predicted molar refractivity (Wildman–Crippen MR) is 57.5 cm³/mol. The SMILES string of the molecule is CC1(C)[C@@H]2CC(C(=O)OCc3nn[nH]n3)C[C@@H]21. The number of nitrogens with one attached hydrogen (secondary N) is 1. The minimum absolute atomic E-state index is 0.0740. The fourth-order valence-corrected chi connectivity index (χ4v) is 3.19. The Morgan fingerprint density at radius 1 is 1.47 bits per heavy atom. The summed E-state index contributed by atoms with van der Waals surface area (Å²) in [5.41, 5.74) is 0.449. The van der Waals surface area contributed by atoms with E-state index in [1.165, 1.54) is 0 Å². The van der Waals surface area contributed by atoms with Crippen LogP contribution in [0.3, 0.4) is 0 Å². The third kappa shape index (κ3) is 1.71. The Morgan fingerprint density at radius 3 is 2.76 bits per heavy atom. The molecule has 1 N–H and O–H groups in total. The van der Waals surface area contributed by atoms with E-state index >= 15 is 0 Å². The van der Waals surface area contributed by atoms with Crippen LogP contribution < -0.4 is 0 Å². The van der Waals surface area contributed by atoms with Gasteiger partial charge >= 0.3 is 5.97 Å². The third-order valence-corrected chi connectivity index (χ3v) is 4.43. The van der Waals surface area contributed by atoms with Crippen molar-refractivity contribution >= 4 is 5.97 Å². The van der Waals surface area contributed by atoms with Gasteiger partial charge < -0.3 is 4.74 Å². The molecule has 1 aromatic heterocycles. The van der Waals surface area contributed by atoms with Gasteiger partial charge in [-0.3, -0.25) is 4.79 Å². The lowest BCUT2D eigenvalue weighted by Gasteiger charge is -2.15. The lowest BCUT2D eigenvalue weighted by atomic mass is 9.93. The molecule has 0 aliphatic heterocycles. The Balaban J connectivity index is 1.49. The van der Waals surface area contributed by atoms with Crippen LogP contribution >= 0.6 is 0 Å². The van der Waals surface area contributed by atoms with E-state index in [9.17, 15) is 4.79 Å². The topological polar surface area (TPSA) is 80.8 Å². The predicted octanol–water partition coefficient (Wildman–Crippen LogP) is 0.925. The molecular formula is C11H16N4O2. The molecule has 17 heavy (non-hydrogen) atoms. The van der Waals surface area contributed by atoms with E-state index in [1.807, 2.05) is 0 Å². The molecule has 3 rings (SSSR count). The molecule has 1 unspecified atom stereocenters. The van der Waals surface area contributed by atoms with Crippen LogP contribution in [0, 0.1) is 23.2 Å². The average molecular weight is 236 g/mol. The molecule has 0 saturated heterocycles. The number of rotatable bonds is 3. The summed E-state index contributed by atoms with van der Waals surface area (Å²) in [6.45, 7) is 4.68. The summed E-state index contributed by atoms with van der Waals surface area (Å²) in [6, 6.07) is 0. The summed E-state index contributed by atoms with van der Waals surface area (Å²) in [6.07, 6.45) is 1.95. The number of esters is 1. The van der Waals surface area contributed by atoms with E-state index in [2.05, 4.69) is 34.5 Å². The molecule has 92 valence electrons. The number of nitrogens with zero attached hydrogens (tertiary/aromatic N) is 3. The first-order valence-corrected chi connectivity index (χ1v) is 5.98. The van der Waals surface area contributed by atoms with Crippen molar-refractivity contribution in [2.45, 2.75) is 33.3 Å². The second-order valence-corrected chi connectivity index (χ2v) is 5.64. The Kier molecular flexibility index (Phi) is 2.21. The molecule has 0 radical (unpaired) electrons. The fourth-order valence-electron chi connectivity index (χ4n) is 3.19. The van der Waals surface area contributed by atoms with Gasteiger partial charge in [-0.25, -0.2) is 0 Å². The van der Waals surface area contributed by atoms with Gasteiger partial charge in [0.1, 0.15) is 0 Å². The second kappa shape index (κ2) is 3.51. The lowest BCUT2D eigenvalue weighted by Crippen LogP contribution is -2.19. The van der Waals surface area contributed by atoms with E-state index in [4.69, 9.17) is 4.74 Å². The van der Waals surface area contributed by atoms with Crippen LogP contribution in [-0.2, 0) is 16.1 Å². The number of fused-ring (bicyclic) bond motifs is 1. The quantitative estimate of drug-likeness (QED) is 0.789. The first kappa shape index (κ1) is 10.7. The zero-order valence-electron chi connectivity index (χ0n) is 10.0. The third-order valence-electron chi connectivity index (χ3n) is 4.43. The normalized spacial score (nSPS) is 33.2. The molecule has 0 amide bonds. The summed E-state index contributed by atoms with van der Waals surface area (Å²) >= 11 is 0. The van der Waals surface area contributed by atoms with E-state index < -0.39 is 0 Å². The van der Waals surface area contributed by atoms with Crippen molar-refractivity contribution in [2.75, 3.05) is 0 Å². The van der Waals surface area contributed by atoms with Crippen LogP contribution in [0.4, 0.5) is 0 Å². The van der Waals surface area contributed by atoms with Crippen molar-refractivity contribution < 1.29 is 9.53 Å². The maximum atomic E-state index is 11.8. The average Bonchev–Trinajstić information content (AvgIpc) is 2.82. The van der Waals surface area contributed by atoms with Crippen molar-refractivity contribution in [1.82, 2.24) is 20.6 Å². The number of tetrazole rings is 1. The van der Waals surface area contributed by atoms with Crippen LogP contribution in [0.15, 0.2) is 0 Å². The molecule has 3 atom stereocenters. The monoisotopic (exact) mass is 236 g/mol. The molecule has 2 aliphatic rings. The number of H-pyrrole nitrogens is 1. The van der Waals surface area contributed by atoms with Crippen LogP contribution in [0.1, 0.15) is 32.5 Å². The van der Waals surface area contributed by atoms with Gasteiger partial charge in [0.2, 0.25) is 5.82 Å². The summed E-state index contributed by atoms with van der Waals surface area (Å²) in [5, 5.41) is 13.2. The van der Waals surface area contributed by atoms with Crippen LogP contribution in [-0.4, -0.2) is 26.6 Å². The summed E-state index contributed by atoms with van der Waals surface area (Å²) in [4.78, 5) is 11.8. The van der Waals surface area contributed by atoms with E-state index in [0.29, 0.717) is 23.1 Å². The van der Waals surface area contributed by atoms with Gasteiger partial charge in [-0.15, -0.1) is 10.2 Å². The molecule has 0 aromatic carbocycles. The smallest absolute Gasteiger partial charge is 0.309 e. The first-order chi connectivity index (χ1) is 8.09. The number of aromatic nitrogens is 4. The van der Waals surface area contributed by atoms with Gasteiger partial charge in [-0.05, 0) is 30.1 Å². The Labute approximate surface area is 99.1 Å². The molecule has 2 saturated carbocycles. The second-order valence-electron chi connectivity index (χ2n) is 5.64. The first-order valence-electron chi connectivity index (χ1n) is 5.98.